The number of rotatable bonds is 2. The van der Waals surface area contributed by atoms with Gasteiger partial charge in [0, 0.05) is 64.3 Å². The number of carbonyl (C=O) groups is 2. The highest BCUT2D eigenvalue weighted by atomic mass is 16.5. The highest BCUT2D eigenvalue weighted by molar-refractivity contribution is 5.81. The molecular weight excluding hydrogens is 294 g/mol. The molecule has 0 unspecified atom stereocenters. The van der Waals surface area contributed by atoms with Gasteiger partial charge in [-0.3, -0.25) is 9.59 Å². The van der Waals surface area contributed by atoms with Crippen LogP contribution in [0, 0.1) is 11.8 Å². The second-order valence-electron chi connectivity index (χ2n) is 7.11. The van der Waals surface area contributed by atoms with Crippen LogP contribution in [0.2, 0.25) is 0 Å². The van der Waals surface area contributed by atoms with Crippen molar-refractivity contribution in [1.82, 2.24) is 14.7 Å². The van der Waals surface area contributed by atoms with Crippen molar-refractivity contribution in [3.63, 3.8) is 0 Å². The molecule has 3 heterocycles. The van der Waals surface area contributed by atoms with Gasteiger partial charge < -0.3 is 19.4 Å². The van der Waals surface area contributed by atoms with Crippen molar-refractivity contribution >= 4 is 11.8 Å². The van der Waals surface area contributed by atoms with Gasteiger partial charge in [-0.15, -0.1) is 0 Å². The van der Waals surface area contributed by atoms with Gasteiger partial charge in [-0.1, -0.05) is 0 Å². The van der Waals surface area contributed by atoms with E-state index < -0.39 is 0 Å². The Hall–Kier alpha value is -1.14. The van der Waals surface area contributed by atoms with Crippen LogP contribution < -0.4 is 0 Å². The van der Waals surface area contributed by atoms with Crippen LogP contribution in [0.25, 0.3) is 0 Å². The molecule has 2 amide bonds. The molecule has 6 nitrogen and oxygen atoms in total. The number of likely N-dealkylation sites (N-methyl/N-ethyl adjacent to an activating group) is 1. The molecule has 3 saturated heterocycles. The first-order valence-corrected chi connectivity index (χ1v) is 8.99. The Morgan fingerprint density at radius 1 is 0.739 bits per heavy atom. The zero-order chi connectivity index (χ0) is 16.2. The number of amides is 2. The van der Waals surface area contributed by atoms with Crippen molar-refractivity contribution in [2.24, 2.45) is 11.8 Å². The fourth-order valence-electron chi connectivity index (χ4n) is 3.83. The van der Waals surface area contributed by atoms with E-state index in [0.29, 0.717) is 19.1 Å². The smallest absolute Gasteiger partial charge is 0.225 e. The van der Waals surface area contributed by atoms with Crippen LogP contribution in [-0.2, 0) is 14.3 Å². The van der Waals surface area contributed by atoms with Crippen molar-refractivity contribution in [2.75, 3.05) is 59.5 Å². The zero-order valence-electron chi connectivity index (χ0n) is 14.2. The molecule has 3 aliphatic rings. The second-order valence-corrected chi connectivity index (χ2v) is 7.11. The summed E-state index contributed by atoms with van der Waals surface area (Å²) in [5.74, 6) is 0.820. The Morgan fingerprint density at radius 3 is 1.78 bits per heavy atom. The van der Waals surface area contributed by atoms with E-state index in [0.717, 1.165) is 65.0 Å². The van der Waals surface area contributed by atoms with Gasteiger partial charge in [-0.2, -0.15) is 0 Å². The van der Waals surface area contributed by atoms with Gasteiger partial charge >= 0.3 is 0 Å². The van der Waals surface area contributed by atoms with Crippen LogP contribution in [0.15, 0.2) is 0 Å². The fraction of sp³-hybridized carbons (Fsp3) is 0.882. The van der Waals surface area contributed by atoms with Gasteiger partial charge in [-0.05, 0) is 32.7 Å². The third kappa shape index (κ3) is 4.04. The molecule has 0 radical (unpaired) electrons. The summed E-state index contributed by atoms with van der Waals surface area (Å²) in [5, 5.41) is 0. The number of hydrogen-bond donors (Lipinski definition) is 0. The Morgan fingerprint density at radius 2 is 1.22 bits per heavy atom. The quantitative estimate of drug-likeness (QED) is 0.739. The molecule has 0 bridgehead atoms. The van der Waals surface area contributed by atoms with Gasteiger partial charge in [0.15, 0.2) is 0 Å². The number of nitrogens with zero attached hydrogens (tertiary/aromatic N) is 3. The van der Waals surface area contributed by atoms with E-state index in [1.807, 2.05) is 9.80 Å². The molecule has 0 aliphatic carbocycles. The van der Waals surface area contributed by atoms with Crippen LogP contribution in [0.3, 0.4) is 0 Å². The monoisotopic (exact) mass is 323 g/mol. The van der Waals surface area contributed by atoms with E-state index in [1.165, 1.54) is 0 Å². The van der Waals surface area contributed by atoms with Crippen LogP contribution in [0.5, 0.6) is 0 Å². The van der Waals surface area contributed by atoms with Crippen molar-refractivity contribution in [1.29, 1.82) is 0 Å². The normalized spacial score (nSPS) is 25.6. The summed E-state index contributed by atoms with van der Waals surface area (Å²) in [6.07, 6.45) is 3.33. The lowest BCUT2D eigenvalue weighted by Crippen LogP contribution is -2.51. The number of ether oxygens (including phenoxy) is 1. The first kappa shape index (κ1) is 16.7. The average molecular weight is 323 g/mol. The molecule has 6 heteroatoms. The topological polar surface area (TPSA) is 53.1 Å². The fourth-order valence-corrected chi connectivity index (χ4v) is 3.83. The molecule has 0 N–H and O–H groups in total. The first-order chi connectivity index (χ1) is 11.1. The van der Waals surface area contributed by atoms with E-state index in [1.54, 1.807) is 0 Å². The molecule has 0 atom stereocenters. The van der Waals surface area contributed by atoms with E-state index in [9.17, 15) is 9.59 Å². The maximum atomic E-state index is 12.6. The van der Waals surface area contributed by atoms with Gasteiger partial charge in [0.2, 0.25) is 11.8 Å². The lowest BCUT2D eigenvalue weighted by molar-refractivity contribution is -0.145. The number of piperazine rings is 1. The predicted octanol–water partition coefficient (Wildman–Crippen LogP) is 0.426. The maximum absolute atomic E-state index is 12.6. The highest BCUT2D eigenvalue weighted by Crippen LogP contribution is 2.24. The Bertz CT molecular complexity index is 421. The minimum Gasteiger partial charge on any atom is -0.381 e. The van der Waals surface area contributed by atoms with Crippen molar-refractivity contribution < 1.29 is 14.3 Å². The second kappa shape index (κ2) is 7.62. The van der Waals surface area contributed by atoms with Crippen molar-refractivity contribution in [3.05, 3.63) is 0 Å². The standard InChI is InChI=1S/C17H29N3O3/c1-18-8-10-20(11-9-18)16(21)14-2-6-19(7-3-14)17(22)15-4-12-23-13-5-15/h14-15H,2-13H2,1H3. The van der Waals surface area contributed by atoms with Gasteiger partial charge in [0.05, 0.1) is 0 Å². The molecule has 0 saturated carbocycles. The van der Waals surface area contributed by atoms with E-state index in [-0.39, 0.29) is 17.7 Å². The Balaban J connectivity index is 1.46. The number of piperidine rings is 1. The molecule has 130 valence electrons. The molecule has 3 aliphatic heterocycles. The predicted molar refractivity (Wildman–Crippen MR) is 86.9 cm³/mol. The van der Waals surface area contributed by atoms with Crippen LogP contribution in [0.4, 0.5) is 0 Å². The lowest BCUT2D eigenvalue weighted by Gasteiger charge is -2.38. The van der Waals surface area contributed by atoms with Gasteiger partial charge in [-0.25, -0.2) is 0 Å². The van der Waals surface area contributed by atoms with E-state index in [4.69, 9.17) is 4.74 Å². The minimum atomic E-state index is 0.108. The highest BCUT2D eigenvalue weighted by Gasteiger charge is 2.33. The third-order valence-corrected chi connectivity index (χ3v) is 5.54. The van der Waals surface area contributed by atoms with Gasteiger partial charge in [0.25, 0.3) is 0 Å². The van der Waals surface area contributed by atoms with E-state index in [2.05, 4.69) is 11.9 Å². The Kier molecular flexibility index (Phi) is 5.54. The number of hydrogen-bond acceptors (Lipinski definition) is 4. The summed E-state index contributed by atoms with van der Waals surface area (Å²) in [5.41, 5.74) is 0. The molecule has 0 spiro atoms. The molecule has 3 rings (SSSR count). The summed E-state index contributed by atoms with van der Waals surface area (Å²) in [4.78, 5) is 31.4. The summed E-state index contributed by atoms with van der Waals surface area (Å²) in [6.45, 7) is 6.50. The van der Waals surface area contributed by atoms with Crippen LogP contribution in [-0.4, -0.2) is 86.0 Å². The minimum absolute atomic E-state index is 0.108. The summed E-state index contributed by atoms with van der Waals surface area (Å²) in [7, 11) is 2.10. The Labute approximate surface area is 138 Å². The lowest BCUT2D eigenvalue weighted by atomic mass is 9.92. The molecule has 0 aromatic rings. The van der Waals surface area contributed by atoms with Crippen LogP contribution in [0.1, 0.15) is 25.7 Å². The molecular formula is C17H29N3O3. The molecule has 0 aromatic carbocycles. The summed E-state index contributed by atoms with van der Waals surface area (Å²) < 4.78 is 5.34. The van der Waals surface area contributed by atoms with E-state index >= 15 is 0 Å². The van der Waals surface area contributed by atoms with Crippen molar-refractivity contribution in [3.8, 4) is 0 Å². The first-order valence-electron chi connectivity index (χ1n) is 8.99. The summed E-state index contributed by atoms with van der Waals surface area (Å²) in [6, 6.07) is 0. The maximum Gasteiger partial charge on any atom is 0.225 e. The molecule has 23 heavy (non-hydrogen) atoms. The zero-order valence-corrected chi connectivity index (χ0v) is 14.2. The third-order valence-electron chi connectivity index (χ3n) is 5.54. The largest absolute Gasteiger partial charge is 0.381 e. The SMILES string of the molecule is CN1CCN(C(=O)C2CCN(C(=O)C3CCOCC3)CC2)CC1. The number of carbonyl (C=O) groups excluding carboxylic acids is 2. The van der Waals surface area contributed by atoms with Gasteiger partial charge in [0.1, 0.15) is 0 Å². The summed E-state index contributed by atoms with van der Waals surface area (Å²) >= 11 is 0. The van der Waals surface area contributed by atoms with Crippen LogP contribution >= 0.6 is 0 Å². The molecule has 3 fully saturated rings. The molecule has 0 aromatic heterocycles. The number of likely N-dealkylation sites (tertiary alicyclic amines) is 1. The van der Waals surface area contributed by atoms with Crippen molar-refractivity contribution in [2.45, 2.75) is 25.7 Å². The average Bonchev–Trinajstić information content (AvgIpc) is 2.62.